The van der Waals surface area contributed by atoms with Crippen LogP contribution >= 0.6 is 11.6 Å². The zero-order valence-corrected chi connectivity index (χ0v) is 5.76. The number of nitriles is 1. The van der Waals surface area contributed by atoms with Crippen LogP contribution in [0.3, 0.4) is 0 Å². The molecule has 0 saturated heterocycles. The van der Waals surface area contributed by atoms with Crippen LogP contribution in [0.2, 0.25) is 5.02 Å². The maximum atomic E-state index is 8.95. The minimum absolute atomic E-state index is 0.0549. The van der Waals surface area contributed by atoms with E-state index in [1.807, 2.05) is 6.07 Å². The van der Waals surface area contributed by atoms with Crippen molar-refractivity contribution in [2.75, 3.05) is 0 Å². The number of halogens is 1. The number of nitrogens with zero attached hydrogens (tertiary/aromatic N) is 1. The molecule has 2 nitrogen and oxygen atoms in total. The van der Waals surface area contributed by atoms with Gasteiger partial charge >= 0.3 is 0 Å². The van der Waals surface area contributed by atoms with Gasteiger partial charge in [-0.1, -0.05) is 17.7 Å². The van der Waals surface area contributed by atoms with Crippen LogP contribution in [0, 0.1) is 11.3 Å². The molecular formula is C7H4ClNO. The molecular weight excluding hydrogens is 150 g/mol. The fourth-order valence-corrected chi connectivity index (χ4v) is 0.774. The first kappa shape index (κ1) is 6.91. The Morgan fingerprint density at radius 3 is 2.70 bits per heavy atom. The highest BCUT2D eigenvalue weighted by Gasteiger charge is 2.01. The summed E-state index contributed by atoms with van der Waals surface area (Å²) in [5.74, 6) is -0.0549. The number of phenols is 1. The first-order valence-corrected chi connectivity index (χ1v) is 3.01. The van der Waals surface area contributed by atoms with E-state index in [1.54, 1.807) is 12.1 Å². The van der Waals surface area contributed by atoms with Crippen LogP contribution in [0.5, 0.6) is 5.75 Å². The van der Waals surface area contributed by atoms with Crippen molar-refractivity contribution in [3.8, 4) is 11.8 Å². The number of rotatable bonds is 0. The molecule has 1 N–H and O–H groups in total. The van der Waals surface area contributed by atoms with Gasteiger partial charge in [-0.2, -0.15) is 5.26 Å². The minimum Gasteiger partial charge on any atom is -0.506 e. The maximum absolute atomic E-state index is 8.95. The number of hydrogen-bond donors (Lipinski definition) is 1. The second-order valence-electron chi connectivity index (χ2n) is 1.75. The molecule has 0 bridgehead atoms. The molecule has 0 spiro atoms. The molecule has 10 heavy (non-hydrogen) atoms. The monoisotopic (exact) mass is 153 g/mol. The van der Waals surface area contributed by atoms with E-state index < -0.39 is 0 Å². The lowest BCUT2D eigenvalue weighted by Gasteiger charge is -1.95. The van der Waals surface area contributed by atoms with Crippen molar-refractivity contribution in [3.63, 3.8) is 0 Å². The molecule has 0 aliphatic carbocycles. The summed E-state index contributed by atoms with van der Waals surface area (Å²) in [5.41, 5.74) is 0.293. The van der Waals surface area contributed by atoms with Gasteiger partial charge in [-0.05, 0) is 12.1 Å². The smallest absolute Gasteiger partial charge is 0.135 e. The number of benzene rings is 1. The van der Waals surface area contributed by atoms with Crippen LogP contribution in [0.4, 0.5) is 0 Å². The zero-order valence-electron chi connectivity index (χ0n) is 5.00. The van der Waals surface area contributed by atoms with Gasteiger partial charge in [0, 0.05) is 0 Å². The summed E-state index contributed by atoms with van der Waals surface area (Å²) in [7, 11) is 0. The average molecular weight is 154 g/mol. The lowest BCUT2D eigenvalue weighted by molar-refractivity contribution is 0.475. The molecule has 0 aliphatic rings. The van der Waals surface area contributed by atoms with Crippen LogP contribution in [-0.4, -0.2) is 5.11 Å². The van der Waals surface area contributed by atoms with Crippen molar-refractivity contribution in [2.24, 2.45) is 0 Å². The van der Waals surface area contributed by atoms with Crippen molar-refractivity contribution in [2.45, 2.75) is 0 Å². The Labute approximate surface area is 63.3 Å². The van der Waals surface area contributed by atoms with Crippen molar-refractivity contribution in [1.29, 1.82) is 5.26 Å². The van der Waals surface area contributed by atoms with Gasteiger partial charge in [-0.3, -0.25) is 0 Å². The van der Waals surface area contributed by atoms with Crippen molar-refractivity contribution < 1.29 is 5.11 Å². The Bertz CT molecular complexity index is 290. The fourth-order valence-electron chi connectivity index (χ4n) is 0.606. The Balaban J connectivity index is 3.31. The van der Waals surface area contributed by atoms with Crippen molar-refractivity contribution in [3.05, 3.63) is 28.8 Å². The second-order valence-corrected chi connectivity index (χ2v) is 2.13. The molecule has 1 aromatic rings. The molecule has 1 aromatic carbocycles. The van der Waals surface area contributed by atoms with E-state index in [2.05, 4.69) is 0 Å². The third-order valence-electron chi connectivity index (χ3n) is 1.10. The van der Waals surface area contributed by atoms with Crippen molar-refractivity contribution in [1.82, 2.24) is 0 Å². The molecule has 0 atom stereocenters. The standard InChI is InChI=1S/C7H4ClNO/c8-7-5(4-9)2-1-3-6(7)10/h1-3,10H. The van der Waals surface area contributed by atoms with Gasteiger partial charge in [0.25, 0.3) is 0 Å². The number of hydrogen-bond acceptors (Lipinski definition) is 2. The van der Waals surface area contributed by atoms with E-state index in [0.717, 1.165) is 0 Å². The molecule has 0 aliphatic heterocycles. The lowest BCUT2D eigenvalue weighted by atomic mass is 10.2. The molecule has 0 amide bonds. The van der Waals surface area contributed by atoms with Crippen LogP contribution in [0.15, 0.2) is 18.2 Å². The van der Waals surface area contributed by atoms with Gasteiger partial charge in [0.2, 0.25) is 0 Å². The predicted octanol–water partition coefficient (Wildman–Crippen LogP) is 1.92. The Hall–Kier alpha value is -1.20. The summed E-state index contributed by atoms with van der Waals surface area (Å²) in [4.78, 5) is 0. The second kappa shape index (κ2) is 2.59. The number of phenolic OH excluding ortho intramolecular Hbond substituents is 1. The normalized spacial score (nSPS) is 8.80. The van der Waals surface area contributed by atoms with Crippen LogP contribution < -0.4 is 0 Å². The van der Waals surface area contributed by atoms with Gasteiger partial charge in [0.1, 0.15) is 16.8 Å². The Morgan fingerprint density at radius 2 is 2.20 bits per heavy atom. The Kier molecular flexibility index (Phi) is 1.79. The molecule has 3 heteroatoms. The summed E-state index contributed by atoms with van der Waals surface area (Å²) >= 11 is 5.52. The Morgan fingerprint density at radius 1 is 1.50 bits per heavy atom. The molecule has 1 rings (SSSR count). The zero-order chi connectivity index (χ0) is 7.56. The molecule has 0 radical (unpaired) electrons. The van der Waals surface area contributed by atoms with Gasteiger partial charge in [-0.25, -0.2) is 0 Å². The lowest BCUT2D eigenvalue weighted by Crippen LogP contribution is -1.75. The highest BCUT2D eigenvalue weighted by molar-refractivity contribution is 6.33. The van der Waals surface area contributed by atoms with E-state index in [4.69, 9.17) is 22.0 Å². The molecule has 50 valence electrons. The van der Waals surface area contributed by atoms with E-state index in [0.29, 0.717) is 5.56 Å². The third-order valence-corrected chi connectivity index (χ3v) is 1.50. The predicted molar refractivity (Wildman–Crippen MR) is 37.8 cm³/mol. The summed E-state index contributed by atoms with van der Waals surface area (Å²) in [6.07, 6.45) is 0. The molecule has 0 saturated carbocycles. The summed E-state index contributed by atoms with van der Waals surface area (Å²) in [6.45, 7) is 0. The van der Waals surface area contributed by atoms with Gasteiger partial charge < -0.3 is 5.11 Å². The van der Waals surface area contributed by atoms with Gasteiger partial charge in [0.15, 0.2) is 0 Å². The van der Waals surface area contributed by atoms with Crippen LogP contribution in [-0.2, 0) is 0 Å². The summed E-state index contributed by atoms with van der Waals surface area (Å²) in [5, 5.41) is 17.5. The van der Waals surface area contributed by atoms with E-state index in [1.165, 1.54) is 6.07 Å². The SMILES string of the molecule is N#Cc1cccc(O)c1Cl. The largest absolute Gasteiger partial charge is 0.506 e. The van der Waals surface area contributed by atoms with E-state index in [-0.39, 0.29) is 10.8 Å². The first-order valence-electron chi connectivity index (χ1n) is 2.63. The average Bonchev–Trinajstić information content (AvgIpc) is 1.95. The topological polar surface area (TPSA) is 44.0 Å². The quantitative estimate of drug-likeness (QED) is 0.619. The molecule has 0 fully saturated rings. The summed E-state index contributed by atoms with van der Waals surface area (Å²) < 4.78 is 0. The van der Waals surface area contributed by atoms with Gasteiger partial charge in [-0.15, -0.1) is 0 Å². The van der Waals surface area contributed by atoms with Gasteiger partial charge in [0.05, 0.1) is 5.56 Å². The highest BCUT2D eigenvalue weighted by Crippen LogP contribution is 2.25. The minimum atomic E-state index is -0.0549. The van der Waals surface area contributed by atoms with Crippen LogP contribution in [0.25, 0.3) is 0 Å². The van der Waals surface area contributed by atoms with E-state index >= 15 is 0 Å². The first-order chi connectivity index (χ1) is 4.75. The summed E-state index contributed by atoms with van der Waals surface area (Å²) in [6, 6.07) is 6.39. The number of aromatic hydroxyl groups is 1. The van der Waals surface area contributed by atoms with E-state index in [9.17, 15) is 0 Å². The van der Waals surface area contributed by atoms with Crippen molar-refractivity contribution >= 4 is 11.6 Å². The fraction of sp³-hybridized carbons (Fsp3) is 0. The molecule has 0 unspecified atom stereocenters. The molecule has 0 aromatic heterocycles. The highest BCUT2D eigenvalue weighted by atomic mass is 35.5. The maximum Gasteiger partial charge on any atom is 0.135 e. The molecule has 0 heterocycles. The van der Waals surface area contributed by atoms with Crippen LogP contribution in [0.1, 0.15) is 5.56 Å². The third kappa shape index (κ3) is 1.04.